The monoisotopic (exact) mass is 291 g/mol. The van der Waals surface area contributed by atoms with Gasteiger partial charge in [-0.1, -0.05) is 20.3 Å². The van der Waals surface area contributed by atoms with Gasteiger partial charge in [-0.05, 0) is 30.9 Å². The van der Waals surface area contributed by atoms with E-state index in [1.165, 1.54) is 18.5 Å². The number of aromatic amines is 1. The van der Waals surface area contributed by atoms with E-state index < -0.39 is 0 Å². The standard InChI is InChI=1S/C17H25NO3/c1-6-8-11(7-2)13-9-12-10-14(19-3)16(20-4)17(21-5)15(12)18-13/h9-11,18H,6-8H2,1-5H3. The first-order valence-corrected chi connectivity index (χ1v) is 7.51. The largest absolute Gasteiger partial charge is 0.493 e. The molecule has 0 aliphatic heterocycles. The van der Waals surface area contributed by atoms with Gasteiger partial charge in [-0.3, -0.25) is 0 Å². The molecule has 1 aromatic heterocycles. The van der Waals surface area contributed by atoms with E-state index in [2.05, 4.69) is 24.9 Å². The summed E-state index contributed by atoms with van der Waals surface area (Å²) in [4.78, 5) is 3.52. The topological polar surface area (TPSA) is 43.5 Å². The highest BCUT2D eigenvalue weighted by atomic mass is 16.5. The molecule has 4 nitrogen and oxygen atoms in total. The number of rotatable bonds is 7. The van der Waals surface area contributed by atoms with Crippen LogP contribution in [0.1, 0.15) is 44.7 Å². The van der Waals surface area contributed by atoms with Crippen molar-refractivity contribution >= 4 is 10.9 Å². The molecule has 1 aromatic carbocycles. The molecule has 0 saturated carbocycles. The summed E-state index contributed by atoms with van der Waals surface area (Å²) >= 11 is 0. The Morgan fingerprint density at radius 3 is 2.24 bits per heavy atom. The van der Waals surface area contributed by atoms with Crippen LogP contribution < -0.4 is 14.2 Å². The van der Waals surface area contributed by atoms with Gasteiger partial charge >= 0.3 is 0 Å². The third-order valence-electron chi connectivity index (χ3n) is 4.01. The molecule has 1 atom stereocenters. The average Bonchev–Trinajstić information content (AvgIpc) is 2.93. The zero-order valence-electron chi connectivity index (χ0n) is 13.6. The van der Waals surface area contributed by atoms with Crippen molar-refractivity contribution in [2.24, 2.45) is 0 Å². The lowest BCUT2D eigenvalue weighted by atomic mass is 9.97. The number of fused-ring (bicyclic) bond motifs is 1. The Balaban J connectivity index is 2.60. The normalized spacial score (nSPS) is 12.4. The van der Waals surface area contributed by atoms with Crippen molar-refractivity contribution in [2.45, 2.75) is 39.0 Å². The Morgan fingerprint density at radius 2 is 1.71 bits per heavy atom. The fourth-order valence-corrected chi connectivity index (χ4v) is 2.91. The molecule has 21 heavy (non-hydrogen) atoms. The van der Waals surface area contributed by atoms with Gasteiger partial charge in [0.1, 0.15) is 0 Å². The minimum absolute atomic E-state index is 0.545. The molecule has 0 aliphatic carbocycles. The second-order valence-electron chi connectivity index (χ2n) is 5.23. The Kier molecular flexibility index (Phi) is 4.99. The number of hydrogen-bond donors (Lipinski definition) is 1. The molecule has 1 heterocycles. The van der Waals surface area contributed by atoms with Crippen LogP contribution >= 0.6 is 0 Å². The van der Waals surface area contributed by atoms with Crippen LogP contribution in [0.5, 0.6) is 17.2 Å². The third kappa shape index (κ3) is 2.80. The van der Waals surface area contributed by atoms with Gasteiger partial charge in [0.25, 0.3) is 0 Å². The van der Waals surface area contributed by atoms with Gasteiger partial charge in [-0.2, -0.15) is 0 Å². The summed E-state index contributed by atoms with van der Waals surface area (Å²) in [5.74, 6) is 2.56. The predicted molar refractivity (Wildman–Crippen MR) is 85.9 cm³/mol. The van der Waals surface area contributed by atoms with Crippen LogP contribution in [-0.2, 0) is 0 Å². The van der Waals surface area contributed by atoms with Crippen molar-refractivity contribution in [3.63, 3.8) is 0 Å². The minimum atomic E-state index is 0.545. The van der Waals surface area contributed by atoms with Crippen molar-refractivity contribution < 1.29 is 14.2 Å². The molecule has 0 fully saturated rings. The first-order chi connectivity index (χ1) is 10.2. The molecule has 0 bridgehead atoms. The minimum Gasteiger partial charge on any atom is -0.493 e. The van der Waals surface area contributed by atoms with Gasteiger partial charge < -0.3 is 19.2 Å². The van der Waals surface area contributed by atoms with Crippen LogP contribution in [-0.4, -0.2) is 26.3 Å². The maximum atomic E-state index is 5.54. The summed E-state index contributed by atoms with van der Waals surface area (Å²) in [5, 5.41) is 1.09. The second-order valence-corrected chi connectivity index (χ2v) is 5.23. The van der Waals surface area contributed by atoms with Gasteiger partial charge in [0.05, 0.1) is 26.8 Å². The first kappa shape index (κ1) is 15.5. The Hall–Kier alpha value is -1.84. The zero-order chi connectivity index (χ0) is 15.4. The van der Waals surface area contributed by atoms with E-state index in [4.69, 9.17) is 14.2 Å². The van der Waals surface area contributed by atoms with E-state index in [1.807, 2.05) is 6.07 Å². The Labute approximate surface area is 126 Å². The summed E-state index contributed by atoms with van der Waals surface area (Å²) in [6.07, 6.45) is 3.48. The van der Waals surface area contributed by atoms with Crippen LogP contribution in [0.3, 0.4) is 0 Å². The maximum absolute atomic E-state index is 5.54. The molecule has 116 valence electrons. The number of hydrogen-bond acceptors (Lipinski definition) is 3. The molecular weight excluding hydrogens is 266 g/mol. The van der Waals surface area contributed by atoms with E-state index in [0.29, 0.717) is 23.2 Å². The van der Waals surface area contributed by atoms with E-state index in [-0.39, 0.29) is 0 Å². The summed E-state index contributed by atoms with van der Waals surface area (Å²) in [5.41, 5.74) is 2.22. The van der Waals surface area contributed by atoms with Gasteiger partial charge in [0.15, 0.2) is 11.5 Å². The number of methoxy groups -OCH3 is 3. The quantitative estimate of drug-likeness (QED) is 0.817. The highest BCUT2D eigenvalue weighted by Crippen LogP contribution is 2.44. The van der Waals surface area contributed by atoms with E-state index in [1.54, 1.807) is 21.3 Å². The van der Waals surface area contributed by atoms with Crippen molar-refractivity contribution in [1.82, 2.24) is 4.98 Å². The van der Waals surface area contributed by atoms with Crippen LogP contribution in [0, 0.1) is 0 Å². The Morgan fingerprint density at radius 1 is 1.00 bits per heavy atom. The number of H-pyrrole nitrogens is 1. The average molecular weight is 291 g/mol. The summed E-state index contributed by atoms with van der Waals surface area (Å²) in [7, 11) is 4.92. The number of nitrogens with one attached hydrogen (secondary N) is 1. The third-order valence-corrected chi connectivity index (χ3v) is 4.01. The van der Waals surface area contributed by atoms with Crippen LogP contribution in [0.2, 0.25) is 0 Å². The predicted octanol–water partition coefficient (Wildman–Crippen LogP) is 4.49. The summed E-state index contributed by atoms with van der Waals surface area (Å²) < 4.78 is 16.4. The van der Waals surface area contributed by atoms with Crippen LogP contribution in [0.4, 0.5) is 0 Å². The highest BCUT2D eigenvalue weighted by molar-refractivity contribution is 5.91. The molecule has 0 radical (unpaired) electrons. The van der Waals surface area contributed by atoms with E-state index >= 15 is 0 Å². The van der Waals surface area contributed by atoms with E-state index in [0.717, 1.165) is 17.3 Å². The molecule has 0 saturated heterocycles. The number of ether oxygens (including phenoxy) is 3. The molecule has 1 unspecified atom stereocenters. The lowest BCUT2D eigenvalue weighted by Crippen LogP contribution is -1.97. The number of aromatic nitrogens is 1. The zero-order valence-corrected chi connectivity index (χ0v) is 13.6. The smallest absolute Gasteiger partial charge is 0.205 e. The van der Waals surface area contributed by atoms with Crippen molar-refractivity contribution in [2.75, 3.05) is 21.3 Å². The molecule has 0 aliphatic rings. The molecule has 0 amide bonds. The van der Waals surface area contributed by atoms with Crippen LogP contribution in [0.15, 0.2) is 12.1 Å². The maximum Gasteiger partial charge on any atom is 0.205 e. The fraction of sp³-hybridized carbons (Fsp3) is 0.529. The van der Waals surface area contributed by atoms with Gasteiger partial charge in [-0.25, -0.2) is 0 Å². The fourth-order valence-electron chi connectivity index (χ4n) is 2.91. The molecule has 2 aromatic rings. The molecule has 2 rings (SSSR count). The van der Waals surface area contributed by atoms with Crippen molar-refractivity contribution in [3.8, 4) is 17.2 Å². The molecule has 0 spiro atoms. The second kappa shape index (κ2) is 6.74. The molecule has 1 N–H and O–H groups in total. The summed E-state index contributed by atoms with van der Waals surface area (Å²) in [6, 6.07) is 4.19. The van der Waals surface area contributed by atoms with Crippen LogP contribution in [0.25, 0.3) is 10.9 Å². The number of benzene rings is 1. The van der Waals surface area contributed by atoms with Gasteiger partial charge in [-0.15, -0.1) is 0 Å². The summed E-state index contributed by atoms with van der Waals surface area (Å²) in [6.45, 7) is 4.45. The molecular formula is C17H25NO3. The SMILES string of the molecule is CCCC(CC)c1cc2cc(OC)c(OC)c(OC)c2[nH]1. The van der Waals surface area contributed by atoms with Crippen molar-refractivity contribution in [1.29, 1.82) is 0 Å². The Bertz CT molecular complexity index is 604. The van der Waals surface area contributed by atoms with Gasteiger partial charge in [0.2, 0.25) is 5.75 Å². The van der Waals surface area contributed by atoms with Crippen molar-refractivity contribution in [3.05, 3.63) is 17.8 Å². The molecule has 4 heteroatoms. The van der Waals surface area contributed by atoms with Gasteiger partial charge in [0, 0.05) is 11.1 Å². The van der Waals surface area contributed by atoms with E-state index in [9.17, 15) is 0 Å². The first-order valence-electron chi connectivity index (χ1n) is 7.51. The lowest BCUT2D eigenvalue weighted by Gasteiger charge is -2.13. The highest BCUT2D eigenvalue weighted by Gasteiger charge is 2.19. The lowest BCUT2D eigenvalue weighted by molar-refractivity contribution is 0.327.